The maximum atomic E-state index is 14.5. The van der Waals surface area contributed by atoms with E-state index in [9.17, 15) is 19.1 Å². The summed E-state index contributed by atoms with van der Waals surface area (Å²) in [6.45, 7) is 11.6. The fraction of sp³-hybridized carbons (Fsp3) is 0.417. The molecule has 0 aromatic heterocycles. The number of benzene rings is 2. The molecule has 0 bridgehead atoms. The van der Waals surface area contributed by atoms with Gasteiger partial charge in [-0.05, 0) is 81.3 Å². The molecule has 0 aliphatic rings. The van der Waals surface area contributed by atoms with Gasteiger partial charge in [-0.1, -0.05) is 6.92 Å². The summed E-state index contributed by atoms with van der Waals surface area (Å²) in [7, 11) is 1.42. The van der Waals surface area contributed by atoms with Gasteiger partial charge in [0.2, 0.25) is 0 Å². The SMILES string of the molecule is CCc1c(C)c(O)c(F)c(C)c1C(=O)Oc1c(C)c(C)c(C(=O)OCOC)c(C)c1C. The molecule has 1 N–H and O–H groups in total. The number of phenolic OH excluding ortho intramolecular Hbond substituents is 1. The lowest BCUT2D eigenvalue weighted by molar-refractivity contribution is -0.0126. The molecule has 0 heterocycles. The van der Waals surface area contributed by atoms with Gasteiger partial charge < -0.3 is 19.3 Å². The van der Waals surface area contributed by atoms with Crippen molar-refractivity contribution < 1.29 is 33.3 Å². The first-order valence-corrected chi connectivity index (χ1v) is 9.98. The van der Waals surface area contributed by atoms with Crippen LogP contribution in [0.2, 0.25) is 0 Å². The number of methoxy groups -OCH3 is 1. The van der Waals surface area contributed by atoms with Crippen molar-refractivity contribution in [1.29, 1.82) is 0 Å². The Morgan fingerprint density at radius 3 is 1.87 bits per heavy atom. The minimum Gasteiger partial charge on any atom is -0.505 e. The van der Waals surface area contributed by atoms with Crippen LogP contribution < -0.4 is 4.74 Å². The van der Waals surface area contributed by atoms with E-state index in [1.54, 1.807) is 34.6 Å². The highest BCUT2D eigenvalue weighted by Crippen LogP contribution is 2.36. The number of carbonyl (C=O) groups excluding carboxylic acids is 2. The van der Waals surface area contributed by atoms with Crippen LogP contribution in [0.15, 0.2) is 0 Å². The summed E-state index contributed by atoms with van der Waals surface area (Å²) in [5.41, 5.74) is 3.82. The monoisotopic (exact) mass is 432 g/mol. The lowest BCUT2D eigenvalue weighted by Crippen LogP contribution is -2.19. The van der Waals surface area contributed by atoms with Gasteiger partial charge in [0.25, 0.3) is 0 Å². The predicted molar refractivity (Wildman–Crippen MR) is 115 cm³/mol. The fourth-order valence-electron chi connectivity index (χ4n) is 3.79. The van der Waals surface area contributed by atoms with Crippen LogP contribution in [-0.2, 0) is 15.9 Å². The number of phenols is 1. The molecule has 0 saturated heterocycles. The minimum absolute atomic E-state index is 0.0356. The first kappa shape index (κ1) is 24.3. The molecule has 0 amide bonds. The predicted octanol–water partition coefficient (Wildman–Crippen LogP) is 4.92. The number of ether oxygens (including phenoxy) is 3. The van der Waals surface area contributed by atoms with Crippen molar-refractivity contribution in [1.82, 2.24) is 0 Å². The molecule has 0 atom stereocenters. The van der Waals surface area contributed by atoms with Crippen molar-refractivity contribution in [3.8, 4) is 11.5 Å². The first-order valence-electron chi connectivity index (χ1n) is 9.98. The average molecular weight is 432 g/mol. The molecule has 0 radical (unpaired) electrons. The number of halogens is 1. The normalized spacial score (nSPS) is 10.9. The fourth-order valence-corrected chi connectivity index (χ4v) is 3.79. The van der Waals surface area contributed by atoms with Crippen molar-refractivity contribution in [2.45, 2.75) is 54.9 Å². The Balaban J connectivity index is 2.59. The van der Waals surface area contributed by atoms with Crippen LogP contribution in [0, 0.1) is 47.4 Å². The summed E-state index contributed by atoms with van der Waals surface area (Å²) >= 11 is 0. The summed E-state index contributed by atoms with van der Waals surface area (Å²) in [4.78, 5) is 25.6. The third-order valence-corrected chi connectivity index (χ3v) is 5.84. The molecule has 0 unspecified atom stereocenters. The Morgan fingerprint density at radius 2 is 1.39 bits per heavy atom. The highest BCUT2D eigenvalue weighted by atomic mass is 19.1. The summed E-state index contributed by atoms with van der Waals surface area (Å²) in [6, 6.07) is 0. The van der Waals surface area contributed by atoms with Crippen molar-refractivity contribution in [2.24, 2.45) is 0 Å². The van der Waals surface area contributed by atoms with Crippen molar-refractivity contribution >= 4 is 11.9 Å². The smallest absolute Gasteiger partial charge is 0.344 e. The van der Waals surface area contributed by atoms with Crippen LogP contribution in [0.5, 0.6) is 11.5 Å². The van der Waals surface area contributed by atoms with E-state index in [0.29, 0.717) is 51.1 Å². The van der Waals surface area contributed by atoms with Gasteiger partial charge in [-0.3, -0.25) is 0 Å². The van der Waals surface area contributed by atoms with Gasteiger partial charge in [0.1, 0.15) is 5.75 Å². The second-order valence-electron chi connectivity index (χ2n) is 7.55. The van der Waals surface area contributed by atoms with Crippen LogP contribution in [0.1, 0.15) is 66.6 Å². The molecule has 6 nitrogen and oxygen atoms in total. The lowest BCUT2D eigenvalue weighted by atomic mass is 9.92. The van der Waals surface area contributed by atoms with E-state index >= 15 is 0 Å². The topological polar surface area (TPSA) is 82.1 Å². The number of aromatic hydroxyl groups is 1. The van der Waals surface area contributed by atoms with Gasteiger partial charge in [-0.25, -0.2) is 14.0 Å². The van der Waals surface area contributed by atoms with Gasteiger partial charge in [0.15, 0.2) is 18.4 Å². The van der Waals surface area contributed by atoms with Crippen molar-refractivity contribution in [3.05, 3.63) is 55.9 Å². The number of rotatable bonds is 6. The minimum atomic E-state index is -0.835. The molecule has 31 heavy (non-hydrogen) atoms. The van der Waals surface area contributed by atoms with Crippen LogP contribution in [0.25, 0.3) is 0 Å². The third kappa shape index (κ3) is 4.28. The van der Waals surface area contributed by atoms with Crippen LogP contribution >= 0.6 is 0 Å². The summed E-state index contributed by atoms with van der Waals surface area (Å²) in [5, 5.41) is 10.0. The second kappa shape index (κ2) is 9.47. The zero-order valence-electron chi connectivity index (χ0n) is 19.3. The summed E-state index contributed by atoms with van der Waals surface area (Å²) in [6.07, 6.45) is 0.422. The van der Waals surface area contributed by atoms with Crippen molar-refractivity contribution in [2.75, 3.05) is 13.9 Å². The van der Waals surface area contributed by atoms with E-state index in [0.717, 1.165) is 0 Å². The molecule has 0 fully saturated rings. The van der Waals surface area contributed by atoms with Gasteiger partial charge in [-0.2, -0.15) is 0 Å². The quantitative estimate of drug-likeness (QED) is 0.396. The zero-order valence-corrected chi connectivity index (χ0v) is 19.3. The number of esters is 2. The molecule has 2 rings (SSSR count). The summed E-state index contributed by atoms with van der Waals surface area (Å²) < 4.78 is 30.1. The largest absolute Gasteiger partial charge is 0.505 e. The molecular weight excluding hydrogens is 403 g/mol. The third-order valence-electron chi connectivity index (χ3n) is 5.84. The molecule has 2 aromatic rings. The molecule has 0 aliphatic heterocycles. The first-order chi connectivity index (χ1) is 14.5. The second-order valence-corrected chi connectivity index (χ2v) is 7.55. The highest BCUT2D eigenvalue weighted by molar-refractivity contribution is 5.97. The maximum absolute atomic E-state index is 14.5. The highest BCUT2D eigenvalue weighted by Gasteiger charge is 2.27. The van der Waals surface area contributed by atoms with Crippen LogP contribution in [-0.4, -0.2) is 30.9 Å². The van der Waals surface area contributed by atoms with E-state index in [1.165, 1.54) is 14.0 Å². The Bertz CT molecular complexity index is 1030. The number of hydrogen-bond donors (Lipinski definition) is 1. The van der Waals surface area contributed by atoms with Gasteiger partial charge >= 0.3 is 11.9 Å². The molecule has 168 valence electrons. The molecule has 0 saturated carbocycles. The Kier molecular flexibility index (Phi) is 7.44. The standard InChI is InChI=1S/C24H29FO6/c1-9-17-15(6)21(26)20(25)16(7)19(17)24(28)31-22-13(4)11(2)18(12(3)14(22)5)23(27)30-10-29-8/h26H,9-10H2,1-8H3. The van der Waals surface area contributed by atoms with Crippen LogP contribution in [0.3, 0.4) is 0 Å². The Labute approximate surface area is 181 Å². The maximum Gasteiger partial charge on any atom is 0.344 e. The molecule has 0 aliphatic carbocycles. The summed E-state index contributed by atoms with van der Waals surface area (Å²) in [5.74, 6) is -2.21. The van der Waals surface area contributed by atoms with E-state index in [1.807, 2.05) is 6.92 Å². The molecule has 2 aromatic carbocycles. The molecule has 0 spiro atoms. The van der Waals surface area contributed by atoms with Crippen molar-refractivity contribution in [3.63, 3.8) is 0 Å². The number of hydrogen-bond acceptors (Lipinski definition) is 6. The van der Waals surface area contributed by atoms with Gasteiger partial charge in [0, 0.05) is 12.7 Å². The molecule has 7 heteroatoms. The van der Waals surface area contributed by atoms with Gasteiger partial charge in [-0.15, -0.1) is 0 Å². The Morgan fingerprint density at radius 1 is 0.839 bits per heavy atom. The van der Waals surface area contributed by atoms with E-state index < -0.39 is 23.5 Å². The van der Waals surface area contributed by atoms with Gasteiger partial charge in [0.05, 0.1) is 11.1 Å². The number of carbonyl (C=O) groups is 2. The zero-order chi connectivity index (χ0) is 23.6. The Hall–Kier alpha value is -2.93. The van der Waals surface area contributed by atoms with E-state index in [2.05, 4.69) is 0 Å². The average Bonchev–Trinajstić information content (AvgIpc) is 2.74. The van der Waals surface area contributed by atoms with Crippen LogP contribution in [0.4, 0.5) is 4.39 Å². The van der Waals surface area contributed by atoms with E-state index in [-0.39, 0.29) is 17.9 Å². The lowest BCUT2D eigenvalue weighted by Gasteiger charge is -2.21. The molecular formula is C24H29FO6. The van der Waals surface area contributed by atoms with E-state index in [4.69, 9.17) is 14.2 Å².